The van der Waals surface area contributed by atoms with Gasteiger partial charge in [0.25, 0.3) is 5.91 Å². The van der Waals surface area contributed by atoms with Gasteiger partial charge in [0.05, 0.1) is 20.3 Å². The monoisotopic (exact) mass is 489 g/mol. The van der Waals surface area contributed by atoms with Crippen molar-refractivity contribution in [3.05, 3.63) is 64.7 Å². The Bertz CT molecular complexity index is 1110. The third-order valence-electron chi connectivity index (χ3n) is 5.28. The highest BCUT2D eigenvalue weighted by Gasteiger charge is 2.15. The maximum Gasteiger partial charge on any atom is 0.270 e. The molecule has 0 unspecified atom stereocenters. The molecule has 0 saturated carbocycles. The zero-order valence-electron chi connectivity index (χ0n) is 18.7. The van der Waals surface area contributed by atoms with Gasteiger partial charge in [0, 0.05) is 43.2 Å². The molecule has 180 valence electrons. The number of hydrogen-bond acceptors (Lipinski definition) is 7. The fourth-order valence-corrected chi connectivity index (χ4v) is 4.33. The quantitative estimate of drug-likeness (QED) is 0.494. The van der Waals surface area contributed by atoms with E-state index in [0.29, 0.717) is 34.3 Å². The molecule has 0 aliphatic carbocycles. The molecule has 2 aromatic carbocycles. The van der Waals surface area contributed by atoms with Crippen molar-refractivity contribution in [1.82, 2.24) is 15.2 Å². The number of benzene rings is 2. The van der Waals surface area contributed by atoms with E-state index in [0.717, 1.165) is 44.5 Å². The van der Waals surface area contributed by atoms with E-state index < -0.39 is 11.6 Å². The Morgan fingerprint density at radius 2 is 1.91 bits per heavy atom. The first kappa shape index (κ1) is 24.1. The summed E-state index contributed by atoms with van der Waals surface area (Å²) in [7, 11) is 1.50. The molecule has 1 aliphatic rings. The number of thiazole rings is 1. The molecule has 0 bridgehead atoms. The molecule has 4 rings (SSSR count). The summed E-state index contributed by atoms with van der Waals surface area (Å²) in [6.07, 6.45) is 0. The predicted octanol–water partition coefficient (Wildman–Crippen LogP) is 3.74. The third kappa shape index (κ3) is 6.28. The molecule has 1 fully saturated rings. The van der Waals surface area contributed by atoms with E-state index in [4.69, 9.17) is 14.2 Å². The number of morpholine rings is 1. The van der Waals surface area contributed by atoms with Gasteiger partial charge in [-0.2, -0.15) is 0 Å². The van der Waals surface area contributed by atoms with Gasteiger partial charge >= 0.3 is 0 Å². The molecule has 0 spiro atoms. The Balaban J connectivity index is 1.37. The lowest BCUT2D eigenvalue weighted by Crippen LogP contribution is -2.41. The van der Waals surface area contributed by atoms with Gasteiger partial charge in [0.2, 0.25) is 0 Å². The highest BCUT2D eigenvalue weighted by Crippen LogP contribution is 2.34. The minimum atomic E-state index is -0.661. The predicted molar refractivity (Wildman–Crippen MR) is 124 cm³/mol. The number of carbonyl (C=O) groups is 1. The van der Waals surface area contributed by atoms with Crippen LogP contribution in [0, 0.1) is 11.6 Å². The van der Waals surface area contributed by atoms with Gasteiger partial charge in [0.1, 0.15) is 28.9 Å². The molecule has 3 aromatic rings. The highest BCUT2D eigenvalue weighted by atomic mass is 32.1. The topological polar surface area (TPSA) is 72.9 Å². The second-order valence-corrected chi connectivity index (χ2v) is 8.54. The molecule has 1 saturated heterocycles. The summed E-state index contributed by atoms with van der Waals surface area (Å²) in [5.41, 5.74) is 1.49. The number of amides is 1. The Labute approximate surface area is 200 Å². The summed E-state index contributed by atoms with van der Waals surface area (Å²) in [6.45, 7) is 4.49. The molecule has 1 N–H and O–H groups in total. The Hall–Kier alpha value is -3.08. The maximum absolute atomic E-state index is 13.4. The fourth-order valence-electron chi connectivity index (χ4n) is 3.53. The maximum atomic E-state index is 13.4. The smallest absolute Gasteiger partial charge is 0.270 e. The normalized spacial score (nSPS) is 14.1. The van der Waals surface area contributed by atoms with Crippen LogP contribution in [-0.2, 0) is 11.3 Å². The minimum absolute atomic E-state index is 0.0174. The van der Waals surface area contributed by atoms with Crippen molar-refractivity contribution >= 4 is 17.2 Å². The summed E-state index contributed by atoms with van der Waals surface area (Å²) in [5.74, 6) is -0.670. The number of rotatable bonds is 9. The van der Waals surface area contributed by atoms with Gasteiger partial charge in [-0.1, -0.05) is 0 Å². The van der Waals surface area contributed by atoms with Crippen molar-refractivity contribution in [3.8, 4) is 22.1 Å². The van der Waals surface area contributed by atoms with Crippen molar-refractivity contribution in [2.75, 3.05) is 46.5 Å². The average molecular weight is 490 g/mol. The molecule has 34 heavy (non-hydrogen) atoms. The number of carbonyl (C=O) groups excluding carboxylic acids is 1. The molecule has 1 aliphatic heterocycles. The number of ether oxygens (including phenoxy) is 3. The van der Waals surface area contributed by atoms with Crippen LogP contribution in [0.2, 0.25) is 0 Å². The van der Waals surface area contributed by atoms with Crippen molar-refractivity contribution in [1.29, 1.82) is 0 Å². The number of nitrogens with zero attached hydrogens (tertiary/aromatic N) is 2. The molecular weight excluding hydrogens is 464 g/mol. The van der Waals surface area contributed by atoms with Gasteiger partial charge < -0.3 is 19.5 Å². The van der Waals surface area contributed by atoms with Crippen molar-refractivity contribution in [3.63, 3.8) is 0 Å². The molecule has 7 nitrogen and oxygen atoms in total. The molecule has 0 atom stereocenters. The van der Waals surface area contributed by atoms with Crippen LogP contribution in [-0.4, -0.2) is 62.3 Å². The van der Waals surface area contributed by atoms with Crippen molar-refractivity contribution in [2.45, 2.75) is 6.61 Å². The summed E-state index contributed by atoms with van der Waals surface area (Å²) >= 11 is 1.35. The summed E-state index contributed by atoms with van der Waals surface area (Å²) in [5, 5.41) is 5.29. The van der Waals surface area contributed by atoms with Crippen LogP contribution in [0.15, 0.2) is 41.8 Å². The van der Waals surface area contributed by atoms with E-state index in [1.54, 1.807) is 23.6 Å². The molecule has 1 amide bonds. The standard InChI is InChI=1S/C24H25F2N3O4S/c1-31-22-12-17(2-3-21(22)33-14-16-10-18(25)13-19(26)11-16)24-28-20(15-34-24)23(30)27-4-5-29-6-8-32-9-7-29/h2-3,10-13,15H,4-9,14H2,1H3,(H,27,30). The zero-order chi connectivity index (χ0) is 23.9. The van der Waals surface area contributed by atoms with Gasteiger partial charge in [-0.15, -0.1) is 11.3 Å². The molecule has 2 heterocycles. The fraction of sp³-hybridized carbons (Fsp3) is 0.333. The van der Waals surface area contributed by atoms with Gasteiger partial charge in [-0.25, -0.2) is 13.8 Å². The van der Waals surface area contributed by atoms with E-state index in [1.165, 1.54) is 30.6 Å². The molecule has 10 heteroatoms. The molecule has 0 radical (unpaired) electrons. The summed E-state index contributed by atoms with van der Waals surface area (Å²) in [6, 6.07) is 8.49. The van der Waals surface area contributed by atoms with Crippen LogP contribution in [0.5, 0.6) is 11.5 Å². The first-order valence-corrected chi connectivity index (χ1v) is 11.7. The van der Waals surface area contributed by atoms with Crippen LogP contribution in [0.25, 0.3) is 10.6 Å². The summed E-state index contributed by atoms with van der Waals surface area (Å²) in [4.78, 5) is 19.2. The third-order valence-corrected chi connectivity index (χ3v) is 6.17. The largest absolute Gasteiger partial charge is 0.493 e. The van der Waals surface area contributed by atoms with Crippen LogP contribution < -0.4 is 14.8 Å². The van der Waals surface area contributed by atoms with E-state index in [1.807, 2.05) is 0 Å². The Morgan fingerprint density at radius 3 is 2.65 bits per heavy atom. The Morgan fingerprint density at radius 1 is 1.15 bits per heavy atom. The highest BCUT2D eigenvalue weighted by molar-refractivity contribution is 7.13. The zero-order valence-corrected chi connectivity index (χ0v) is 19.5. The number of hydrogen-bond donors (Lipinski definition) is 1. The van der Waals surface area contributed by atoms with E-state index >= 15 is 0 Å². The lowest BCUT2D eigenvalue weighted by atomic mass is 10.2. The number of aromatic nitrogens is 1. The van der Waals surface area contributed by atoms with Crippen LogP contribution in [0.4, 0.5) is 8.78 Å². The lowest BCUT2D eigenvalue weighted by Gasteiger charge is -2.26. The van der Waals surface area contributed by atoms with Crippen LogP contribution in [0.3, 0.4) is 0 Å². The van der Waals surface area contributed by atoms with E-state index in [9.17, 15) is 13.6 Å². The Kier molecular flexibility index (Phi) is 8.04. The van der Waals surface area contributed by atoms with Crippen LogP contribution in [0.1, 0.15) is 16.1 Å². The number of nitrogens with one attached hydrogen (secondary N) is 1. The first-order valence-electron chi connectivity index (χ1n) is 10.8. The van der Waals surface area contributed by atoms with Crippen molar-refractivity contribution < 1.29 is 27.8 Å². The van der Waals surface area contributed by atoms with Crippen LogP contribution >= 0.6 is 11.3 Å². The number of methoxy groups -OCH3 is 1. The van der Waals surface area contributed by atoms with Gasteiger partial charge in [-0.05, 0) is 35.9 Å². The van der Waals surface area contributed by atoms with Crippen molar-refractivity contribution in [2.24, 2.45) is 0 Å². The van der Waals surface area contributed by atoms with Gasteiger partial charge in [0.15, 0.2) is 11.5 Å². The van der Waals surface area contributed by atoms with Gasteiger partial charge in [-0.3, -0.25) is 9.69 Å². The molecular formula is C24H25F2N3O4S. The number of halogens is 2. The van der Waals surface area contributed by atoms with E-state index in [-0.39, 0.29) is 12.5 Å². The second kappa shape index (κ2) is 11.4. The second-order valence-electron chi connectivity index (χ2n) is 7.68. The average Bonchev–Trinajstić information content (AvgIpc) is 3.33. The first-order chi connectivity index (χ1) is 16.5. The molecule has 1 aromatic heterocycles. The SMILES string of the molecule is COc1cc(-c2nc(C(=O)NCCN3CCOCC3)cs2)ccc1OCc1cc(F)cc(F)c1. The summed E-state index contributed by atoms with van der Waals surface area (Å²) < 4.78 is 43.2. The minimum Gasteiger partial charge on any atom is -0.493 e. The lowest BCUT2D eigenvalue weighted by molar-refractivity contribution is 0.0383. The van der Waals surface area contributed by atoms with E-state index in [2.05, 4.69) is 15.2 Å².